The van der Waals surface area contributed by atoms with Crippen LogP contribution in [-0.4, -0.2) is 36.7 Å². The van der Waals surface area contributed by atoms with Crippen molar-refractivity contribution in [1.29, 1.82) is 0 Å². The Morgan fingerprint density at radius 1 is 1.28 bits per heavy atom. The second-order valence-corrected chi connectivity index (χ2v) is 8.28. The molecule has 3 fully saturated rings. The van der Waals surface area contributed by atoms with Crippen molar-refractivity contribution >= 4 is 17.9 Å². The van der Waals surface area contributed by atoms with E-state index in [4.69, 9.17) is 14.2 Å². The molecule has 0 aromatic carbocycles. The lowest BCUT2D eigenvalue weighted by Gasteiger charge is -2.29. The monoisotopic (exact) mass is 352 g/mol. The maximum absolute atomic E-state index is 12.1. The molecule has 6 atom stereocenters. The fourth-order valence-electron chi connectivity index (χ4n) is 4.43. The topological polar surface area (TPSA) is 78.9 Å². The largest absolute Gasteiger partial charge is 0.465 e. The van der Waals surface area contributed by atoms with E-state index in [1.807, 2.05) is 27.7 Å². The molecule has 3 rings (SSSR count). The molecule has 0 radical (unpaired) electrons. The minimum absolute atomic E-state index is 0.00807. The zero-order chi connectivity index (χ0) is 18.4. The lowest BCUT2D eigenvalue weighted by molar-refractivity contribution is -0.163. The molecule has 1 aliphatic heterocycles. The van der Waals surface area contributed by atoms with Gasteiger partial charge in [-0.25, -0.2) is 0 Å². The van der Waals surface area contributed by atoms with Crippen LogP contribution in [0.1, 0.15) is 53.4 Å². The molecule has 6 nitrogen and oxygen atoms in total. The van der Waals surface area contributed by atoms with Gasteiger partial charge in [0.05, 0.1) is 17.9 Å². The van der Waals surface area contributed by atoms with Crippen molar-refractivity contribution < 1.29 is 28.6 Å². The summed E-state index contributed by atoms with van der Waals surface area (Å²) in [5.74, 6) is -0.0445. The van der Waals surface area contributed by atoms with Gasteiger partial charge in [-0.05, 0) is 39.0 Å². The van der Waals surface area contributed by atoms with Gasteiger partial charge in [0.25, 0.3) is 0 Å². The normalized spacial score (nSPS) is 35.6. The predicted octanol–water partition coefficient (Wildman–Crippen LogP) is 2.49. The Balaban J connectivity index is 1.42. The van der Waals surface area contributed by atoms with E-state index in [1.54, 1.807) is 0 Å². The number of esters is 3. The van der Waals surface area contributed by atoms with E-state index in [2.05, 4.69) is 0 Å². The molecule has 2 saturated carbocycles. The smallest absolute Gasteiger partial charge is 0.311 e. The van der Waals surface area contributed by atoms with Crippen LogP contribution >= 0.6 is 0 Å². The Kier molecular flexibility index (Phi) is 4.82. The van der Waals surface area contributed by atoms with Gasteiger partial charge in [-0.2, -0.15) is 0 Å². The molecule has 1 saturated heterocycles. The first kappa shape index (κ1) is 18.2. The summed E-state index contributed by atoms with van der Waals surface area (Å²) in [5.41, 5.74) is -0.497. The van der Waals surface area contributed by atoms with Crippen molar-refractivity contribution in [1.82, 2.24) is 0 Å². The Labute approximate surface area is 148 Å². The number of fused-ring (bicyclic) bond motifs is 1. The summed E-state index contributed by atoms with van der Waals surface area (Å²) in [6, 6.07) is 0. The highest BCUT2D eigenvalue weighted by molar-refractivity contribution is 5.78. The van der Waals surface area contributed by atoms with Gasteiger partial charge in [0.2, 0.25) is 0 Å². The van der Waals surface area contributed by atoms with Crippen LogP contribution in [0.3, 0.4) is 0 Å². The highest BCUT2D eigenvalue weighted by atomic mass is 16.6. The molecule has 0 aromatic rings. The Hall–Kier alpha value is -1.59. The van der Waals surface area contributed by atoms with E-state index in [-0.39, 0.29) is 66.8 Å². The molecule has 0 N–H and O–H groups in total. The van der Waals surface area contributed by atoms with Crippen molar-refractivity contribution in [2.45, 2.75) is 65.6 Å². The summed E-state index contributed by atoms with van der Waals surface area (Å²) in [6.45, 7) is 7.89. The van der Waals surface area contributed by atoms with Gasteiger partial charge in [-0.3, -0.25) is 14.4 Å². The van der Waals surface area contributed by atoms with Crippen molar-refractivity contribution in [3.8, 4) is 0 Å². The molecule has 0 spiro atoms. The molecule has 2 bridgehead atoms. The molecule has 0 aromatic heterocycles. The summed E-state index contributed by atoms with van der Waals surface area (Å²) in [7, 11) is 0. The minimum Gasteiger partial charge on any atom is -0.465 e. The molecular formula is C19H28O6. The first-order valence-electron chi connectivity index (χ1n) is 9.33. The van der Waals surface area contributed by atoms with E-state index in [0.29, 0.717) is 12.8 Å². The van der Waals surface area contributed by atoms with E-state index >= 15 is 0 Å². The number of carbonyl (C=O) groups is 3. The van der Waals surface area contributed by atoms with E-state index in [1.165, 1.54) is 0 Å². The molecule has 0 amide bonds. The van der Waals surface area contributed by atoms with Crippen LogP contribution in [0.2, 0.25) is 0 Å². The fourth-order valence-corrected chi connectivity index (χ4v) is 4.43. The molecule has 140 valence electrons. The third-order valence-corrected chi connectivity index (χ3v) is 6.40. The summed E-state index contributed by atoms with van der Waals surface area (Å²) in [6.07, 6.45) is 1.68. The summed E-state index contributed by atoms with van der Waals surface area (Å²) in [4.78, 5) is 35.9. The van der Waals surface area contributed by atoms with Crippen LogP contribution in [-0.2, 0) is 28.6 Å². The fraction of sp³-hybridized carbons (Fsp3) is 0.842. The van der Waals surface area contributed by atoms with Gasteiger partial charge < -0.3 is 14.2 Å². The first-order chi connectivity index (χ1) is 11.8. The van der Waals surface area contributed by atoms with Crippen LogP contribution in [0, 0.1) is 29.1 Å². The maximum Gasteiger partial charge on any atom is 0.311 e. The average molecular weight is 352 g/mol. The van der Waals surface area contributed by atoms with Gasteiger partial charge in [0, 0.05) is 18.3 Å². The minimum atomic E-state index is -0.497. The number of hydrogen-bond acceptors (Lipinski definition) is 6. The molecule has 25 heavy (non-hydrogen) atoms. The molecule has 6 unspecified atom stereocenters. The molecule has 3 aliphatic rings. The van der Waals surface area contributed by atoms with Crippen LogP contribution in [0.5, 0.6) is 0 Å². The number of carbonyl (C=O) groups excluding carboxylic acids is 3. The van der Waals surface area contributed by atoms with Crippen LogP contribution in [0.4, 0.5) is 0 Å². The van der Waals surface area contributed by atoms with Crippen LogP contribution in [0.25, 0.3) is 0 Å². The highest BCUT2D eigenvalue weighted by Gasteiger charge is 2.66. The quantitative estimate of drug-likeness (QED) is 0.398. The first-order valence-corrected chi connectivity index (χ1v) is 9.33. The summed E-state index contributed by atoms with van der Waals surface area (Å²) >= 11 is 0. The second-order valence-electron chi connectivity index (χ2n) is 8.28. The predicted molar refractivity (Wildman–Crippen MR) is 88.3 cm³/mol. The van der Waals surface area contributed by atoms with Crippen molar-refractivity contribution in [3.63, 3.8) is 0 Å². The van der Waals surface area contributed by atoms with Gasteiger partial charge in [0.15, 0.2) is 0 Å². The van der Waals surface area contributed by atoms with E-state index in [9.17, 15) is 14.4 Å². The Morgan fingerprint density at radius 2 is 2.00 bits per heavy atom. The lowest BCUT2D eigenvalue weighted by Crippen LogP contribution is -2.39. The maximum atomic E-state index is 12.1. The molecular weight excluding hydrogens is 324 g/mol. The average Bonchev–Trinajstić information content (AvgIpc) is 3.15. The zero-order valence-corrected chi connectivity index (χ0v) is 15.4. The van der Waals surface area contributed by atoms with Gasteiger partial charge in [-0.1, -0.05) is 13.8 Å². The molecule has 1 heterocycles. The van der Waals surface area contributed by atoms with Crippen LogP contribution in [0.15, 0.2) is 0 Å². The summed E-state index contributed by atoms with van der Waals surface area (Å²) < 4.78 is 16.3. The molecule has 2 aliphatic carbocycles. The third-order valence-electron chi connectivity index (χ3n) is 6.40. The SMILES string of the molecule is CCC(C)(C)C(=O)OCCCC(=O)OC1C2CC3C1OC(=O)C3C2C. The van der Waals surface area contributed by atoms with Crippen molar-refractivity contribution in [2.75, 3.05) is 6.61 Å². The van der Waals surface area contributed by atoms with Crippen molar-refractivity contribution in [3.05, 3.63) is 0 Å². The number of hydrogen-bond donors (Lipinski definition) is 0. The number of rotatable bonds is 7. The van der Waals surface area contributed by atoms with E-state index in [0.717, 1.165) is 6.42 Å². The Bertz CT molecular complexity index is 568. The van der Waals surface area contributed by atoms with Crippen molar-refractivity contribution in [2.24, 2.45) is 29.1 Å². The standard InChI is InChI=1S/C19H28O6/c1-5-19(3,4)18(22)23-8-6-7-13(20)24-15-11-9-12-14(10(11)2)17(21)25-16(12)15/h10-12,14-16H,5-9H2,1-4H3. The third kappa shape index (κ3) is 3.15. The summed E-state index contributed by atoms with van der Waals surface area (Å²) in [5, 5.41) is 0. The Morgan fingerprint density at radius 3 is 2.68 bits per heavy atom. The van der Waals surface area contributed by atoms with Crippen LogP contribution < -0.4 is 0 Å². The zero-order valence-electron chi connectivity index (χ0n) is 15.4. The lowest BCUT2D eigenvalue weighted by atomic mass is 9.80. The molecule has 6 heteroatoms. The van der Waals surface area contributed by atoms with Gasteiger partial charge >= 0.3 is 17.9 Å². The second kappa shape index (κ2) is 6.61. The van der Waals surface area contributed by atoms with Gasteiger partial charge in [0.1, 0.15) is 12.2 Å². The van der Waals surface area contributed by atoms with Gasteiger partial charge in [-0.15, -0.1) is 0 Å². The number of ether oxygens (including phenoxy) is 3. The van der Waals surface area contributed by atoms with E-state index < -0.39 is 5.41 Å². The highest BCUT2D eigenvalue weighted by Crippen LogP contribution is 2.58.